The minimum Gasteiger partial charge on any atom is -0.422 e. The van der Waals surface area contributed by atoms with E-state index in [-0.39, 0.29) is 17.4 Å². The van der Waals surface area contributed by atoms with Crippen molar-refractivity contribution in [2.45, 2.75) is 12.8 Å². The van der Waals surface area contributed by atoms with Crippen molar-refractivity contribution in [3.05, 3.63) is 76.4 Å². The molecule has 1 aromatic carbocycles. The van der Waals surface area contributed by atoms with Crippen LogP contribution >= 0.6 is 0 Å². The van der Waals surface area contributed by atoms with Crippen LogP contribution in [0.4, 0.5) is 0 Å². The van der Waals surface area contributed by atoms with Crippen molar-refractivity contribution in [2.24, 2.45) is 5.92 Å². The average Bonchev–Trinajstić information content (AvgIpc) is 2.77. The van der Waals surface area contributed by atoms with Crippen LogP contribution in [0.2, 0.25) is 0 Å². The van der Waals surface area contributed by atoms with E-state index < -0.39 is 11.5 Å². The van der Waals surface area contributed by atoms with Gasteiger partial charge in [0.05, 0.1) is 0 Å². The zero-order valence-corrected chi connectivity index (χ0v) is 15.8. The van der Waals surface area contributed by atoms with Crippen molar-refractivity contribution in [3.63, 3.8) is 0 Å². The lowest BCUT2D eigenvalue weighted by molar-refractivity contribution is 0.0684. The van der Waals surface area contributed by atoms with Gasteiger partial charge in [-0.05, 0) is 43.0 Å². The van der Waals surface area contributed by atoms with E-state index in [9.17, 15) is 14.4 Å². The van der Waals surface area contributed by atoms with Crippen molar-refractivity contribution >= 4 is 22.8 Å². The zero-order valence-electron chi connectivity index (χ0n) is 15.8. The van der Waals surface area contributed by atoms with Crippen LogP contribution in [-0.4, -0.2) is 41.3 Å². The predicted molar refractivity (Wildman–Crippen MR) is 108 cm³/mol. The van der Waals surface area contributed by atoms with Gasteiger partial charge in [-0.25, -0.2) is 4.79 Å². The van der Waals surface area contributed by atoms with Crippen LogP contribution in [-0.2, 0) is 0 Å². The van der Waals surface area contributed by atoms with Gasteiger partial charge in [-0.3, -0.25) is 14.6 Å². The number of piperidine rings is 1. The number of hydrogen-bond donors (Lipinski definition) is 1. The molecule has 3 heterocycles. The van der Waals surface area contributed by atoms with E-state index in [2.05, 4.69) is 10.3 Å². The molecule has 1 aliphatic heterocycles. The molecule has 0 atom stereocenters. The Morgan fingerprint density at radius 3 is 2.59 bits per heavy atom. The highest BCUT2D eigenvalue weighted by atomic mass is 16.4. The van der Waals surface area contributed by atoms with E-state index in [0.717, 1.165) is 12.8 Å². The molecule has 1 fully saturated rings. The first-order valence-corrected chi connectivity index (χ1v) is 9.62. The molecule has 2 aromatic heterocycles. The lowest BCUT2D eigenvalue weighted by atomic mass is 9.96. The van der Waals surface area contributed by atoms with Crippen LogP contribution in [0, 0.1) is 5.92 Å². The summed E-state index contributed by atoms with van der Waals surface area (Å²) in [6.45, 7) is 1.74. The Hall–Kier alpha value is -3.48. The number of likely N-dealkylation sites (tertiary alicyclic amines) is 1. The van der Waals surface area contributed by atoms with E-state index in [1.165, 1.54) is 0 Å². The molecule has 4 rings (SSSR count). The van der Waals surface area contributed by atoms with Crippen molar-refractivity contribution in [1.29, 1.82) is 0 Å². The molecule has 3 aromatic rings. The van der Waals surface area contributed by atoms with Crippen molar-refractivity contribution in [3.8, 4) is 0 Å². The number of para-hydroxylation sites is 1. The molecular formula is C22H21N3O4. The van der Waals surface area contributed by atoms with Crippen LogP contribution in [0.5, 0.6) is 0 Å². The van der Waals surface area contributed by atoms with Crippen LogP contribution in [0.25, 0.3) is 11.0 Å². The Morgan fingerprint density at radius 2 is 1.83 bits per heavy atom. The molecule has 0 radical (unpaired) electrons. The molecule has 7 heteroatoms. The second-order valence-corrected chi connectivity index (χ2v) is 7.17. The summed E-state index contributed by atoms with van der Waals surface area (Å²) in [4.78, 5) is 42.8. The van der Waals surface area contributed by atoms with E-state index in [0.29, 0.717) is 36.2 Å². The predicted octanol–water partition coefficient (Wildman–Crippen LogP) is 2.47. The monoisotopic (exact) mass is 391 g/mol. The topological polar surface area (TPSA) is 92.5 Å². The first-order chi connectivity index (χ1) is 14.1. The molecule has 0 spiro atoms. The van der Waals surface area contributed by atoms with Gasteiger partial charge in [0.15, 0.2) is 0 Å². The molecule has 0 aliphatic carbocycles. The molecule has 0 unspecified atom stereocenters. The third-order valence-corrected chi connectivity index (χ3v) is 5.27. The highest BCUT2D eigenvalue weighted by Gasteiger charge is 2.24. The maximum absolute atomic E-state index is 12.5. The third-order valence-electron chi connectivity index (χ3n) is 5.27. The average molecular weight is 391 g/mol. The molecule has 0 bridgehead atoms. The summed E-state index contributed by atoms with van der Waals surface area (Å²) >= 11 is 0. The van der Waals surface area contributed by atoms with Crippen LogP contribution < -0.4 is 10.9 Å². The Kier molecular flexibility index (Phi) is 5.37. The van der Waals surface area contributed by atoms with Gasteiger partial charge in [0, 0.05) is 43.0 Å². The number of aromatic nitrogens is 1. The largest absolute Gasteiger partial charge is 0.422 e. The van der Waals surface area contributed by atoms with Gasteiger partial charge in [-0.1, -0.05) is 18.2 Å². The fourth-order valence-corrected chi connectivity index (χ4v) is 3.57. The SMILES string of the molecule is O=C(NCC1CCN(C(=O)c2ccncc2)CC1)c1cc2ccccc2oc1=O. The van der Waals surface area contributed by atoms with Crippen molar-refractivity contribution in [2.75, 3.05) is 19.6 Å². The van der Waals surface area contributed by atoms with Gasteiger partial charge in [-0.2, -0.15) is 0 Å². The first kappa shape index (κ1) is 18.9. The van der Waals surface area contributed by atoms with Gasteiger partial charge < -0.3 is 14.6 Å². The van der Waals surface area contributed by atoms with Gasteiger partial charge in [-0.15, -0.1) is 0 Å². The number of nitrogens with zero attached hydrogens (tertiary/aromatic N) is 2. The second kappa shape index (κ2) is 8.26. The number of fused-ring (bicyclic) bond motifs is 1. The maximum atomic E-state index is 12.5. The summed E-state index contributed by atoms with van der Waals surface area (Å²) in [5.41, 5.74) is 0.461. The quantitative estimate of drug-likeness (QED) is 0.690. The van der Waals surface area contributed by atoms with Crippen LogP contribution in [0.3, 0.4) is 0 Å². The molecular weight excluding hydrogens is 370 g/mol. The van der Waals surface area contributed by atoms with E-state index in [1.54, 1.807) is 48.8 Å². The fourth-order valence-electron chi connectivity index (χ4n) is 3.57. The number of pyridine rings is 1. The summed E-state index contributed by atoms with van der Waals surface area (Å²) in [6.07, 6.45) is 4.81. The number of amides is 2. The molecule has 29 heavy (non-hydrogen) atoms. The minimum absolute atomic E-state index is 0.00339. The maximum Gasteiger partial charge on any atom is 0.349 e. The lowest BCUT2D eigenvalue weighted by Gasteiger charge is -2.32. The Morgan fingerprint density at radius 1 is 1.10 bits per heavy atom. The number of rotatable bonds is 4. The molecule has 148 valence electrons. The van der Waals surface area contributed by atoms with E-state index in [4.69, 9.17) is 4.42 Å². The summed E-state index contributed by atoms with van der Waals surface area (Å²) in [7, 11) is 0. The fraction of sp³-hybridized carbons (Fsp3) is 0.273. The Bertz CT molecular complexity index is 1090. The van der Waals surface area contributed by atoms with Crippen molar-refractivity contribution in [1.82, 2.24) is 15.2 Å². The van der Waals surface area contributed by atoms with Crippen LogP contribution in [0.1, 0.15) is 33.6 Å². The van der Waals surface area contributed by atoms with Gasteiger partial charge >= 0.3 is 5.63 Å². The van der Waals surface area contributed by atoms with Crippen LogP contribution in [0.15, 0.2) is 64.1 Å². The summed E-state index contributed by atoms with van der Waals surface area (Å²) in [5, 5.41) is 3.55. The third kappa shape index (κ3) is 4.18. The number of hydrogen-bond acceptors (Lipinski definition) is 5. The molecule has 7 nitrogen and oxygen atoms in total. The summed E-state index contributed by atoms with van der Waals surface area (Å²) in [6, 6.07) is 12.1. The van der Waals surface area contributed by atoms with Gasteiger partial charge in [0.25, 0.3) is 11.8 Å². The number of carbonyl (C=O) groups excluding carboxylic acids is 2. The zero-order chi connectivity index (χ0) is 20.2. The standard InChI is InChI=1S/C22H21N3O4/c26-20(18-13-17-3-1-2-4-19(17)29-22(18)28)24-14-15-7-11-25(12-8-15)21(27)16-5-9-23-10-6-16/h1-6,9-10,13,15H,7-8,11-12,14H2,(H,24,26). The first-order valence-electron chi connectivity index (χ1n) is 9.62. The summed E-state index contributed by atoms with van der Waals surface area (Å²) < 4.78 is 5.22. The van der Waals surface area contributed by atoms with E-state index in [1.807, 2.05) is 11.0 Å². The molecule has 1 saturated heterocycles. The minimum atomic E-state index is -0.640. The number of carbonyl (C=O) groups is 2. The highest BCUT2D eigenvalue weighted by Crippen LogP contribution is 2.19. The normalized spacial score (nSPS) is 14.7. The Labute approximate surface area is 167 Å². The van der Waals surface area contributed by atoms with E-state index >= 15 is 0 Å². The molecule has 0 saturated carbocycles. The van der Waals surface area contributed by atoms with Crippen molar-refractivity contribution < 1.29 is 14.0 Å². The number of benzene rings is 1. The molecule has 1 aliphatic rings. The number of nitrogens with one attached hydrogen (secondary N) is 1. The van der Waals surface area contributed by atoms with Gasteiger partial charge in [0.1, 0.15) is 11.1 Å². The molecule has 1 N–H and O–H groups in total. The van der Waals surface area contributed by atoms with Gasteiger partial charge in [0.2, 0.25) is 0 Å². The summed E-state index contributed by atoms with van der Waals surface area (Å²) in [5.74, 6) is -0.170. The smallest absolute Gasteiger partial charge is 0.349 e. The highest BCUT2D eigenvalue weighted by molar-refractivity contribution is 5.96. The lowest BCUT2D eigenvalue weighted by Crippen LogP contribution is -2.42. The Balaban J connectivity index is 1.33. The second-order valence-electron chi connectivity index (χ2n) is 7.17. The molecule has 2 amide bonds.